The molecule has 2 aromatic carbocycles. The number of hydrazone groups is 1. The van der Waals surface area contributed by atoms with Crippen LogP contribution in [-0.2, 0) is 16.0 Å². The van der Waals surface area contributed by atoms with Crippen molar-refractivity contribution in [3.05, 3.63) is 65.7 Å². The van der Waals surface area contributed by atoms with E-state index >= 15 is 0 Å². The fraction of sp³-hybridized carbons (Fsp3) is 0.360. The first-order chi connectivity index (χ1) is 15.9. The molecule has 170 valence electrons. The summed E-state index contributed by atoms with van der Waals surface area (Å²) >= 11 is 0. The molecule has 0 bridgehead atoms. The van der Waals surface area contributed by atoms with E-state index < -0.39 is 11.5 Å². The van der Waals surface area contributed by atoms with Gasteiger partial charge in [-0.25, -0.2) is 5.01 Å². The molecule has 8 nitrogen and oxygen atoms in total. The van der Waals surface area contributed by atoms with E-state index in [2.05, 4.69) is 11.2 Å². The molecule has 1 fully saturated rings. The molecule has 2 amide bonds. The molecule has 2 aliphatic rings. The van der Waals surface area contributed by atoms with Gasteiger partial charge in [-0.2, -0.15) is 10.4 Å². The molecule has 2 N–H and O–H groups in total. The lowest BCUT2D eigenvalue weighted by Crippen LogP contribution is -2.58. The van der Waals surface area contributed by atoms with Crippen molar-refractivity contribution in [2.75, 3.05) is 26.7 Å². The van der Waals surface area contributed by atoms with Crippen molar-refractivity contribution in [3.8, 4) is 11.8 Å². The van der Waals surface area contributed by atoms with Crippen LogP contribution in [0.15, 0.2) is 59.7 Å². The number of hydrogen-bond acceptors (Lipinski definition) is 6. The maximum Gasteiger partial charge on any atom is 0.256 e. The third kappa shape index (κ3) is 4.59. The van der Waals surface area contributed by atoms with Gasteiger partial charge in [-0.3, -0.25) is 9.59 Å². The Balaban J connectivity index is 1.42. The van der Waals surface area contributed by atoms with Gasteiger partial charge in [-0.1, -0.05) is 36.4 Å². The second kappa shape index (κ2) is 9.43. The second-order valence-electron chi connectivity index (χ2n) is 8.51. The number of benzene rings is 2. The molecular weight excluding hydrogens is 418 g/mol. The highest BCUT2D eigenvalue weighted by Gasteiger charge is 2.53. The number of carbonyl (C=O) groups excluding carboxylic acids is 2. The van der Waals surface area contributed by atoms with Crippen LogP contribution < -0.4 is 10.5 Å². The Morgan fingerprint density at radius 2 is 2.06 bits per heavy atom. The molecule has 0 spiro atoms. The molecule has 2 heterocycles. The average molecular weight is 446 g/mol. The lowest BCUT2D eigenvalue weighted by molar-refractivity contribution is -0.140. The quantitative estimate of drug-likeness (QED) is 0.700. The highest BCUT2D eigenvalue weighted by atomic mass is 16.5. The van der Waals surface area contributed by atoms with Gasteiger partial charge in [0.1, 0.15) is 11.2 Å². The molecule has 33 heavy (non-hydrogen) atoms. The van der Waals surface area contributed by atoms with Gasteiger partial charge in [-0.05, 0) is 30.2 Å². The van der Waals surface area contributed by atoms with Crippen LogP contribution in [0.25, 0.3) is 0 Å². The summed E-state index contributed by atoms with van der Waals surface area (Å²) in [5, 5.41) is 14.9. The van der Waals surface area contributed by atoms with E-state index in [0.717, 1.165) is 11.3 Å². The minimum Gasteiger partial charge on any atom is -0.493 e. The van der Waals surface area contributed by atoms with Crippen LogP contribution in [0.3, 0.4) is 0 Å². The highest BCUT2D eigenvalue weighted by molar-refractivity contribution is 6.13. The fourth-order valence-corrected chi connectivity index (χ4v) is 4.53. The van der Waals surface area contributed by atoms with Crippen LogP contribution in [0.1, 0.15) is 24.0 Å². The number of piperidine rings is 1. The van der Waals surface area contributed by atoms with E-state index in [0.29, 0.717) is 37.1 Å². The Labute approximate surface area is 193 Å². The van der Waals surface area contributed by atoms with E-state index in [4.69, 9.17) is 15.7 Å². The number of fused-ring (bicyclic) bond motifs is 1. The molecule has 4 rings (SSSR count). The maximum absolute atomic E-state index is 13.2. The summed E-state index contributed by atoms with van der Waals surface area (Å²) in [5.41, 5.74) is 7.73. The Hall–Kier alpha value is -3.70. The van der Waals surface area contributed by atoms with Crippen molar-refractivity contribution in [1.29, 1.82) is 5.26 Å². The van der Waals surface area contributed by atoms with E-state index in [9.17, 15) is 9.59 Å². The van der Waals surface area contributed by atoms with Crippen molar-refractivity contribution in [2.24, 2.45) is 16.3 Å². The fourth-order valence-electron chi connectivity index (χ4n) is 4.53. The molecule has 0 aromatic heterocycles. The zero-order valence-corrected chi connectivity index (χ0v) is 18.6. The molecule has 1 unspecified atom stereocenters. The first-order valence-corrected chi connectivity index (χ1v) is 11.0. The number of nitrogens with zero attached hydrogens (tertiary/aromatic N) is 4. The predicted octanol–water partition coefficient (Wildman–Crippen LogP) is 1.94. The molecule has 1 saturated heterocycles. The van der Waals surface area contributed by atoms with E-state index in [1.807, 2.05) is 30.3 Å². The van der Waals surface area contributed by atoms with Crippen molar-refractivity contribution in [2.45, 2.75) is 25.3 Å². The smallest absolute Gasteiger partial charge is 0.256 e. The molecule has 8 heteroatoms. The zero-order valence-electron chi connectivity index (χ0n) is 18.6. The summed E-state index contributed by atoms with van der Waals surface area (Å²) < 4.78 is 5.67. The highest BCUT2D eigenvalue weighted by Crippen LogP contribution is 2.38. The van der Waals surface area contributed by atoms with Gasteiger partial charge < -0.3 is 15.4 Å². The lowest BCUT2D eigenvalue weighted by Gasteiger charge is -2.40. The van der Waals surface area contributed by atoms with Crippen molar-refractivity contribution < 1.29 is 14.3 Å². The average Bonchev–Trinajstić information content (AvgIpc) is 3.08. The molecule has 2 aliphatic heterocycles. The Morgan fingerprint density at radius 1 is 1.27 bits per heavy atom. The number of amides is 2. The zero-order chi connectivity index (χ0) is 23.4. The number of nitriles is 1. The normalized spacial score (nSPS) is 20.6. The molecule has 0 radical (unpaired) electrons. The van der Waals surface area contributed by atoms with E-state index in [1.165, 1.54) is 5.01 Å². The number of likely N-dealkylation sites (tertiary alicyclic amines) is 1. The van der Waals surface area contributed by atoms with Crippen molar-refractivity contribution in [3.63, 3.8) is 0 Å². The van der Waals surface area contributed by atoms with Gasteiger partial charge in [-0.15, -0.1) is 0 Å². The topological polar surface area (TPSA) is 112 Å². The Morgan fingerprint density at radius 3 is 2.82 bits per heavy atom. The molecule has 0 saturated carbocycles. The third-order valence-electron chi connectivity index (χ3n) is 6.24. The Kier molecular flexibility index (Phi) is 6.43. The van der Waals surface area contributed by atoms with Crippen LogP contribution in [0.5, 0.6) is 5.75 Å². The van der Waals surface area contributed by atoms with Crippen LogP contribution in [0, 0.1) is 16.7 Å². The SMILES string of the molecule is CN1N=C2CCN(C(=O)C(N)CCOc3cccc(C#N)c3)C[C@@]2(Cc2ccccc2)C1=O. The summed E-state index contributed by atoms with van der Waals surface area (Å²) in [4.78, 5) is 28.0. The summed E-state index contributed by atoms with van der Waals surface area (Å²) in [7, 11) is 1.66. The Bertz CT molecular complexity index is 1110. The molecule has 2 atom stereocenters. The monoisotopic (exact) mass is 445 g/mol. The minimum absolute atomic E-state index is 0.0897. The molecular formula is C25H27N5O3. The van der Waals surface area contributed by atoms with Gasteiger partial charge in [0.25, 0.3) is 5.91 Å². The summed E-state index contributed by atoms with van der Waals surface area (Å²) in [6.45, 7) is 0.995. The van der Waals surface area contributed by atoms with E-state index in [-0.39, 0.29) is 25.0 Å². The number of ether oxygens (including phenoxy) is 1. The van der Waals surface area contributed by atoms with Crippen LogP contribution >= 0.6 is 0 Å². The molecule has 2 aromatic rings. The number of nitrogens with two attached hydrogens (primary N) is 1. The lowest BCUT2D eigenvalue weighted by atomic mass is 9.73. The van der Waals surface area contributed by atoms with Crippen LogP contribution in [0.4, 0.5) is 0 Å². The summed E-state index contributed by atoms with van der Waals surface area (Å²) in [6.07, 6.45) is 1.36. The molecule has 0 aliphatic carbocycles. The second-order valence-corrected chi connectivity index (χ2v) is 8.51. The number of carbonyl (C=O) groups is 2. The minimum atomic E-state index is -0.849. The van der Waals surface area contributed by atoms with Crippen LogP contribution in [-0.4, -0.2) is 60.2 Å². The van der Waals surface area contributed by atoms with E-state index in [1.54, 1.807) is 36.2 Å². The van der Waals surface area contributed by atoms with Gasteiger partial charge in [0.2, 0.25) is 5.91 Å². The van der Waals surface area contributed by atoms with Gasteiger partial charge in [0, 0.05) is 33.0 Å². The van der Waals surface area contributed by atoms with Gasteiger partial charge >= 0.3 is 0 Å². The van der Waals surface area contributed by atoms with Gasteiger partial charge in [0.05, 0.1) is 30.0 Å². The largest absolute Gasteiger partial charge is 0.493 e. The van der Waals surface area contributed by atoms with Crippen molar-refractivity contribution in [1.82, 2.24) is 9.91 Å². The standard InChI is InChI=1S/C25H27N5O3/c1-29-24(32)25(15-18-6-3-2-4-7-18)17-30(12-10-22(25)28-29)23(31)21(27)11-13-33-20-9-5-8-19(14-20)16-26/h2-9,14,21H,10-13,15,17,27H2,1H3/t21?,25-/m1/s1. The van der Waals surface area contributed by atoms with Crippen LogP contribution in [0.2, 0.25) is 0 Å². The predicted molar refractivity (Wildman–Crippen MR) is 123 cm³/mol. The first kappa shape index (κ1) is 22.5. The summed E-state index contributed by atoms with van der Waals surface area (Å²) in [6, 6.07) is 18.0. The number of rotatable bonds is 7. The van der Waals surface area contributed by atoms with Gasteiger partial charge in [0.15, 0.2) is 0 Å². The maximum atomic E-state index is 13.2. The van der Waals surface area contributed by atoms with Crippen molar-refractivity contribution >= 4 is 17.5 Å². The number of hydrogen-bond donors (Lipinski definition) is 1. The first-order valence-electron chi connectivity index (χ1n) is 11.0. The third-order valence-corrected chi connectivity index (χ3v) is 6.24. The summed E-state index contributed by atoms with van der Waals surface area (Å²) in [5.74, 6) is 0.278.